The zero-order valence-corrected chi connectivity index (χ0v) is 11.4. The van der Waals surface area contributed by atoms with Crippen LogP contribution in [0.5, 0.6) is 0 Å². The van der Waals surface area contributed by atoms with Crippen molar-refractivity contribution < 1.29 is 0 Å². The molecule has 1 saturated carbocycles. The molecule has 2 unspecified atom stereocenters. The SMILES string of the molecule is CCSC1CCCC1Nc1cc(N)c(C)cn1. The molecular weight excluding hydrogens is 230 g/mol. The summed E-state index contributed by atoms with van der Waals surface area (Å²) < 4.78 is 0. The lowest BCUT2D eigenvalue weighted by atomic mass is 10.2. The summed E-state index contributed by atoms with van der Waals surface area (Å²) in [7, 11) is 0. The Balaban J connectivity index is 2.02. The van der Waals surface area contributed by atoms with E-state index in [9.17, 15) is 0 Å². The molecule has 1 fully saturated rings. The summed E-state index contributed by atoms with van der Waals surface area (Å²) in [5.74, 6) is 2.11. The average molecular weight is 251 g/mol. The molecule has 0 bridgehead atoms. The molecule has 0 aromatic carbocycles. The summed E-state index contributed by atoms with van der Waals surface area (Å²) >= 11 is 2.05. The summed E-state index contributed by atoms with van der Waals surface area (Å²) in [6, 6.07) is 2.50. The van der Waals surface area contributed by atoms with Gasteiger partial charge in [0.25, 0.3) is 0 Å². The largest absolute Gasteiger partial charge is 0.398 e. The van der Waals surface area contributed by atoms with Gasteiger partial charge >= 0.3 is 0 Å². The van der Waals surface area contributed by atoms with Gasteiger partial charge < -0.3 is 11.1 Å². The van der Waals surface area contributed by atoms with Crippen molar-refractivity contribution in [1.29, 1.82) is 0 Å². The molecule has 1 heterocycles. The van der Waals surface area contributed by atoms with E-state index in [1.54, 1.807) is 0 Å². The lowest BCUT2D eigenvalue weighted by Crippen LogP contribution is -2.26. The second-order valence-electron chi connectivity index (χ2n) is 4.60. The molecule has 1 aliphatic carbocycles. The molecule has 2 rings (SSSR count). The fraction of sp³-hybridized carbons (Fsp3) is 0.615. The Morgan fingerprint density at radius 3 is 3.06 bits per heavy atom. The highest BCUT2D eigenvalue weighted by molar-refractivity contribution is 7.99. The van der Waals surface area contributed by atoms with Gasteiger partial charge in [-0.2, -0.15) is 11.8 Å². The highest BCUT2D eigenvalue weighted by atomic mass is 32.2. The lowest BCUT2D eigenvalue weighted by Gasteiger charge is -2.21. The first-order valence-corrected chi connectivity index (χ1v) is 7.36. The third-order valence-corrected chi connectivity index (χ3v) is 4.64. The Labute approximate surface area is 108 Å². The molecule has 0 aliphatic heterocycles. The van der Waals surface area contributed by atoms with Crippen LogP contribution in [0.3, 0.4) is 0 Å². The van der Waals surface area contributed by atoms with Crippen molar-refractivity contribution in [2.45, 2.75) is 44.4 Å². The second kappa shape index (κ2) is 5.63. The molecule has 0 spiro atoms. The van der Waals surface area contributed by atoms with Crippen LogP contribution in [0.25, 0.3) is 0 Å². The van der Waals surface area contributed by atoms with Crippen LogP contribution in [-0.4, -0.2) is 22.0 Å². The quantitative estimate of drug-likeness (QED) is 0.863. The molecule has 3 N–H and O–H groups in total. The molecular formula is C13H21N3S. The van der Waals surface area contributed by atoms with Crippen molar-refractivity contribution in [3.8, 4) is 0 Å². The number of thioether (sulfide) groups is 1. The van der Waals surface area contributed by atoms with Crippen molar-refractivity contribution in [3.63, 3.8) is 0 Å². The van der Waals surface area contributed by atoms with Crippen LogP contribution >= 0.6 is 11.8 Å². The highest BCUT2D eigenvalue weighted by Gasteiger charge is 2.27. The van der Waals surface area contributed by atoms with E-state index in [0.717, 1.165) is 22.3 Å². The van der Waals surface area contributed by atoms with Gasteiger partial charge in [-0.15, -0.1) is 0 Å². The van der Waals surface area contributed by atoms with Crippen LogP contribution < -0.4 is 11.1 Å². The highest BCUT2D eigenvalue weighted by Crippen LogP contribution is 2.32. The molecule has 1 aliphatic rings. The number of rotatable bonds is 4. The van der Waals surface area contributed by atoms with Crippen LogP contribution in [0.1, 0.15) is 31.7 Å². The van der Waals surface area contributed by atoms with Crippen molar-refractivity contribution in [2.24, 2.45) is 0 Å². The van der Waals surface area contributed by atoms with E-state index < -0.39 is 0 Å². The number of nitrogen functional groups attached to an aromatic ring is 1. The molecule has 4 heteroatoms. The molecule has 17 heavy (non-hydrogen) atoms. The maximum atomic E-state index is 5.90. The van der Waals surface area contributed by atoms with E-state index in [1.807, 2.05) is 19.2 Å². The predicted molar refractivity (Wildman–Crippen MR) is 76.6 cm³/mol. The van der Waals surface area contributed by atoms with E-state index >= 15 is 0 Å². The summed E-state index contributed by atoms with van der Waals surface area (Å²) in [6.07, 6.45) is 5.72. The summed E-state index contributed by atoms with van der Waals surface area (Å²) in [6.45, 7) is 4.21. The number of pyridine rings is 1. The Kier molecular flexibility index (Phi) is 4.15. The van der Waals surface area contributed by atoms with Crippen LogP contribution in [0.4, 0.5) is 11.5 Å². The van der Waals surface area contributed by atoms with E-state index in [0.29, 0.717) is 6.04 Å². The molecule has 1 aromatic rings. The molecule has 1 aromatic heterocycles. The monoisotopic (exact) mass is 251 g/mol. The van der Waals surface area contributed by atoms with Crippen LogP contribution in [0, 0.1) is 6.92 Å². The van der Waals surface area contributed by atoms with Crippen molar-refractivity contribution >= 4 is 23.3 Å². The Morgan fingerprint density at radius 1 is 1.53 bits per heavy atom. The summed E-state index contributed by atoms with van der Waals surface area (Å²) in [5, 5.41) is 4.26. The molecule has 94 valence electrons. The number of nitrogens with two attached hydrogens (primary N) is 1. The number of aryl methyl sites for hydroxylation is 1. The first-order valence-electron chi connectivity index (χ1n) is 6.31. The van der Waals surface area contributed by atoms with Crippen LogP contribution in [0.15, 0.2) is 12.3 Å². The van der Waals surface area contributed by atoms with Gasteiger partial charge in [-0.3, -0.25) is 0 Å². The summed E-state index contributed by atoms with van der Waals surface area (Å²) in [5.41, 5.74) is 7.77. The van der Waals surface area contributed by atoms with Gasteiger partial charge in [0.2, 0.25) is 0 Å². The maximum absolute atomic E-state index is 5.90. The van der Waals surface area contributed by atoms with E-state index in [4.69, 9.17) is 5.73 Å². The lowest BCUT2D eigenvalue weighted by molar-refractivity contribution is 0.762. The zero-order chi connectivity index (χ0) is 12.3. The number of aromatic nitrogens is 1. The third kappa shape index (κ3) is 3.06. The topological polar surface area (TPSA) is 50.9 Å². The smallest absolute Gasteiger partial charge is 0.128 e. The second-order valence-corrected chi connectivity index (χ2v) is 6.12. The average Bonchev–Trinajstić information content (AvgIpc) is 2.72. The molecule has 2 atom stereocenters. The Bertz CT molecular complexity index is 381. The van der Waals surface area contributed by atoms with E-state index in [2.05, 4.69) is 29.0 Å². The van der Waals surface area contributed by atoms with Crippen molar-refractivity contribution in [3.05, 3.63) is 17.8 Å². The van der Waals surface area contributed by atoms with Gasteiger partial charge in [0, 0.05) is 29.2 Å². The van der Waals surface area contributed by atoms with Gasteiger partial charge in [0.15, 0.2) is 0 Å². The Morgan fingerprint density at radius 2 is 2.35 bits per heavy atom. The minimum atomic E-state index is 0.551. The normalized spacial score (nSPS) is 23.9. The van der Waals surface area contributed by atoms with Gasteiger partial charge in [-0.25, -0.2) is 4.98 Å². The fourth-order valence-corrected chi connectivity index (χ4v) is 3.51. The molecule has 0 radical (unpaired) electrons. The number of hydrogen-bond donors (Lipinski definition) is 2. The molecule has 0 amide bonds. The van der Waals surface area contributed by atoms with Crippen LogP contribution in [-0.2, 0) is 0 Å². The van der Waals surface area contributed by atoms with Crippen molar-refractivity contribution in [2.75, 3.05) is 16.8 Å². The molecule has 3 nitrogen and oxygen atoms in total. The van der Waals surface area contributed by atoms with Crippen molar-refractivity contribution in [1.82, 2.24) is 4.98 Å². The first-order chi connectivity index (χ1) is 8.20. The number of hydrogen-bond acceptors (Lipinski definition) is 4. The minimum absolute atomic E-state index is 0.551. The fourth-order valence-electron chi connectivity index (χ4n) is 2.31. The predicted octanol–water partition coefficient (Wildman–Crippen LogP) is 3.06. The van der Waals surface area contributed by atoms with E-state index in [-0.39, 0.29) is 0 Å². The maximum Gasteiger partial charge on any atom is 0.128 e. The molecule has 0 saturated heterocycles. The summed E-state index contributed by atoms with van der Waals surface area (Å²) in [4.78, 5) is 4.40. The zero-order valence-electron chi connectivity index (χ0n) is 10.6. The third-order valence-electron chi connectivity index (χ3n) is 3.31. The van der Waals surface area contributed by atoms with Gasteiger partial charge in [-0.05, 0) is 31.1 Å². The van der Waals surface area contributed by atoms with E-state index in [1.165, 1.54) is 25.0 Å². The standard InChI is InChI=1S/C13H21N3S/c1-3-17-12-6-4-5-11(12)16-13-7-10(14)9(2)8-15-13/h7-8,11-12H,3-6H2,1-2H3,(H3,14,15,16). The first kappa shape index (κ1) is 12.6. The van der Waals surface area contributed by atoms with Gasteiger partial charge in [0.1, 0.15) is 5.82 Å². The minimum Gasteiger partial charge on any atom is -0.398 e. The van der Waals surface area contributed by atoms with Gasteiger partial charge in [0.05, 0.1) is 0 Å². The number of nitrogens with one attached hydrogen (secondary N) is 1. The Hall–Kier alpha value is -0.900. The van der Waals surface area contributed by atoms with Gasteiger partial charge in [-0.1, -0.05) is 13.3 Å². The van der Waals surface area contributed by atoms with Crippen LogP contribution in [0.2, 0.25) is 0 Å². The number of nitrogens with zero attached hydrogens (tertiary/aromatic N) is 1. The number of anilines is 2.